The molecular weight excluding hydrogens is 228 g/mol. The van der Waals surface area contributed by atoms with Crippen LogP contribution in [0.2, 0.25) is 0 Å². The number of ether oxygens (including phenoxy) is 2. The average Bonchev–Trinajstić information content (AvgIpc) is 2.39. The molecule has 3 nitrogen and oxygen atoms in total. The number of carbonyl (C=O) groups is 1. The molecule has 1 aromatic rings. The third-order valence-electron chi connectivity index (χ3n) is 2.72. The summed E-state index contributed by atoms with van der Waals surface area (Å²) >= 11 is 0. The number of aryl methyl sites for hydroxylation is 1. The van der Waals surface area contributed by atoms with Crippen molar-refractivity contribution >= 4 is 5.97 Å². The number of carbonyl (C=O) groups excluding carboxylic acids is 1. The summed E-state index contributed by atoms with van der Waals surface area (Å²) in [6.07, 6.45) is 2.75. The van der Waals surface area contributed by atoms with Crippen molar-refractivity contribution in [3.05, 3.63) is 29.3 Å². The van der Waals surface area contributed by atoms with Gasteiger partial charge in [-0.2, -0.15) is 0 Å². The van der Waals surface area contributed by atoms with E-state index in [1.54, 1.807) is 6.07 Å². The quantitative estimate of drug-likeness (QED) is 0.548. The van der Waals surface area contributed by atoms with Crippen molar-refractivity contribution < 1.29 is 14.3 Å². The average molecular weight is 250 g/mol. The summed E-state index contributed by atoms with van der Waals surface area (Å²) < 4.78 is 10.8. The second-order valence-electron chi connectivity index (χ2n) is 4.07. The smallest absolute Gasteiger partial charge is 0.341 e. The SMILES string of the molecule is CCCCOC(=O)c1cccc(CC)c1OCC. The van der Waals surface area contributed by atoms with Crippen LogP contribution in [-0.4, -0.2) is 19.2 Å². The largest absolute Gasteiger partial charge is 0.493 e. The molecule has 0 saturated heterocycles. The fraction of sp³-hybridized carbons (Fsp3) is 0.533. The minimum Gasteiger partial charge on any atom is -0.493 e. The molecule has 0 unspecified atom stereocenters. The van der Waals surface area contributed by atoms with Crippen LogP contribution >= 0.6 is 0 Å². The Morgan fingerprint density at radius 3 is 2.61 bits per heavy atom. The molecule has 100 valence electrons. The van der Waals surface area contributed by atoms with Crippen molar-refractivity contribution in [3.63, 3.8) is 0 Å². The van der Waals surface area contributed by atoms with E-state index in [1.807, 2.05) is 26.0 Å². The maximum Gasteiger partial charge on any atom is 0.341 e. The van der Waals surface area contributed by atoms with Gasteiger partial charge in [-0.25, -0.2) is 4.79 Å². The third-order valence-corrected chi connectivity index (χ3v) is 2.72. The fourth-order valence-corrected chi connectivity index (χ4v) is 1.73. The molecule has 1 aromatic carbocycles. The summed E-state index contributed by atoms with van der Waals surface area (Å²) in [7, 11) is 0. The molecule has 0 aliphatic rings. The lowest BCUT2D eigenvalue weighted by Crippen LogP contribution is -2.10. The number of para-hydroxylation sites is 1. The zero-order valence-corrected chi connectivity index (χ0v) is 11.5. The van der Waals surface area contributed by atoms with E-state index in [-0.39, 0.29) is 5.97 Å². The molecule has 0 aliphatic carbocycles. The molecule has 0 N–H and O–H groups in total. The number of hydrogen-bond acceptors (Lipinski definition) is 3. The Balaban J connectivity index is 2.88. The van der Waals surface area contributed by atoms with E-state index in [0.717, 1.165) is 24.8 Å². The van der Waals surface area contributed by atoms with Crippen LogP contribution in [0.15, 0.2) is 18.2 Å². The van der Waals surface area contributed by atoms with Crippen LogP contribution in [0.25, 0.3) is 0 Å². The van der Waals surface area contributed by atoms with Crippen molar-refractivity contribution in [2.75, 3.05) is 13.2 Å². The number of rotatable bonds is 7. The molecule has 18 heavy (non-hydrogen) atoms. The normalized spacial score (nSPS) is 10.2. The van der Waals surface area contributed by atoms with Gasteiger partial charge in [0.05, 0.1) is 13.2 Å². The fourth-order valence-electron chi connectivity index (χ4n) is 1.73. The molecule has 0 bridgehead atoms. The van der Waals surface area contributed by atoms with Crippen molar-refractivity contribution in [3.8, 4) is 5.75 Å². The van der Waals surface area contributed by atoms with Crippen LogP contribution in [0.1, 0.15) is 49.5 Å². The number of hydrogen-bond donors (Lipinski definition) is 0. The molecule has 3 heteroatoms. The lowest BCUT2D eigenvalue weighted by Gasteiger charge is -2.13. The third kappa shape index (κ3) is 3.76. The monoisotopic (exact) mass is 250 g/mol. The van der Waals surface area contributed by atoms with Crippen LogP contribution in [0, 0.1) is 0 Å². The summed E-state index contributed by atoms with van der Waals surface area (Å²) in [4.78, 5) is 12.0. The first-order valence-corrected chi connectivity index (χ1v) is 6.66. The maximum atomic E-state index is 12.0. The first-order valence-electron chi connectivity index (χ1n) is 6.66. The van der Waals surface area contributed by atoms with Crippen molar-refractivity contribution in [2.24, 2.45) is 0 Å². The Labute approximate surface area is 109 Å². The molecule has 0 radical (unpaired) electrons. The highest BCUT2D eigenvalue weighted by Crippen LogP contribution is 2.25. The van der Waals surface area contributed by atoms with Gasteiger partial charge in [-0.3, -0.25) is 0 Å². The highest BCUT2D eigenvalue weighted by Gasteiger charge is 2.16. The van der Waals surface area contributed by atoms with E-state index in [4.69, 9.17) is 9.47 Å². The molecule has 0 atom stereocenters. The second-order valence-corrected chi connectivity index (χ2v) is 4.07. The Kier molecular flexibility index (Phi) is 6.26. The van der Waals surface area contributed by atoms with Gasteiger partial charge < -0.3 is 9.47 Å². The van der Waals surface area contributed by atoms with Crippen LogP contribution in [0.3, 0.4) is 0 Å². The van der Waals surface area contributed by atoms with Gasteiger partial charge in [-0.1, -0.05) is 32.4 Å². The highest BCUT2D eigenvalue weighted by molar-refractivity contribution is 5.93. The zero-order chi connectivity index (χ0) is 13.4. The second kappa shape index (κ2) is 7.75. The van der Waals surface area contributed by atoms with Crippen molar-refractivity contribution in [1.29, 1.82) is 0 Å². The standard InChI is InChI=1S/C15H22O3/c1-4-7-11-18-15(16)13-10-8-9-12(5-2)14(13)17-6-3/h8-10H,4-7,11H2,1-3H3. The number of esters is 1. The van der Waals surface area contributed by atoms with Gasteiger partial charge in [-0.15, -0.1) is 0 Å². The summed E-state index contributed by atoms with van der Waals surface area (Å²) in [5.41, 5.74) is 1.58. The summed E-state index contributed by atoms with van der Waals surface area (Å²) in [5, 5.41) is 0. The molecule has 0 aliphatic heterocycles. The Bertz CT molecular complexity index is 385. The number of benzene rings is 1. The Morgan fingerprint density at radius 2 is 2.00 bits per heavy atom. The Morgan fingerprint density at radius 1 is 1.22 bits per heavy atom. The van der Waals surface area contributed by atoms with Crippen LogP contribution in [0.5, 0.6) is 5.75 Å². The van der Waals surface area contributed by atoms with E-state index >= 15 is 0 Å². The number of unbranched alkanes of at least 4 members (excludes halogenated alkanes) is 1. The summed E-state index contributed by atoms with van der Waals surface area (Å²) in [5.74, 6) is 0.381. The molecule has 0 aromatic heterocycles. The Hall–Kier alpha value is -1.51. The minimum atomic E-state index is -0.290. The summed E-state index contributed by atoms with van der Waals surface area (Å²) in [6, 6.07) is 5.62. The molecule has 1 rings (SSSR count). The van der Waals surface area contributed by atoms with E-state index in [1.165, 1.54) is 0 Å². The maximum absolute atomic E-state index is 12.0. The highest BCUT2D eigenvalue weighted by atomic mass is 16.5. The van der Waals surface area contributed by atoms with Crippen LogP contribution < -0.4 is 4.74 Å². The lowest BCUT2D eigenvalue weighted by atomic mass is 10.1. The lowest BCUT2D eigenvalue weighted by molar-refractivity contribution is 0.0495. The van der Waals surface area contributed by atoms with E-state index in [2.05, 4.69) is 6.92 Å². The topological polar surface area (TPSA) is 35.5 Å². The van der Waals surface area contributed by atoms with Crippen molar-refractivity contribution in [1.82, 2.24) is 0 Å². The molecule has 0 saturated carbocycles. The molecule has 0 amide bonds. The molecule has 0 heterocycles. The van der Waals surface area contributed by atoms with Gasteiger partial charge in [-0.05, 0) is 31.4 Å². The van der Waals surface area contributed by atoms with Gasteiger partial charge in [0.15, 0.2) is 0 Å². The minimum absolute atomic E-state index is 0.290. The summed E-state index contributed by atoms with van der Waals surface area (Å²) in [6.45, 7) is 7.04. The van der Waals surface area contributed by atoms with Gasteiger partial charge in [0.1, 0.15) is 11.3 Å². The molecule has 0 spiro atoms. The predicted octanol–water partition coefficient (Wildman–Crippen LogP) is 3.60. The van der Waals surface area contributed by atoms with Gasteiger partial charge in [0, 0.05) is 0 Å². The van der Waals surface area contributed by atoms with Crippen LogP contribution in [-0.2, 0) is 11.2 Å². The molecule has 0 fully saturated rings. The van der Waals surface area contributed by atoms with Gasteiger partial charge in [0.2, 0.25) is 0 Å². The van der Waals surface area contributed by atoms with E-state index in [0.29, 0.717) is 24.5 Å². The first kappa shape index (κ1) is 14.6. The van der Waals surface area contributed by atoms with E-state index < -0.39 is 0 Å². The predicted molar refractivity (Wildman–Crippen MR) is 72.2 cm³/mol. The van der Waals surface area contributed by atoms with Crippen molar-refractivity contribution in [2.45, 2.75) is 40.0 Å². The van der Waals surface area contributed by atoms with Crippen LogP contribution in [0.4, 0.5) is 0 Å². The molecular formula is C15H22O3. The van der Waals surface area contributed by atoms with Gasteiger partial charge in [0.25, 0.3) is 0 Å². The zero-order valence-electron chi connectivity index (χ0n) is 11.5. The van der Waals surface area contributed by atoms with Gasteiger partial charge >= 0.3 is 5.97 Å². The van der Waals surface area contributed by atoms with E-state index in [9.17, 15) is 4.79 Å². The first-order chi connectivity index (χ1) is 8.74.